The Morgan fingerprint density at radius 3 is 1.25 bits per heavy atom. The molecule has 24 nitrogen and oxygen atoms in total. The van der Waals surface area contributed by atoms with Crippen molar-refractivity contribution >= 4 is 95.5 Å². The molecule has 0 amide bonds. The van der Waals surface area contributed by atoms with E-state index in [1.54, 1.807) is 24.3 Å². The summed E-state index contributed by atoms with van der Waals surface area (Å²) in [5.41, 5.74) is 4.83. The minimum atomic E-state index is -0.745. The van der Waals surface area contributed by atoms with E-state index in [0.717, 1.165) is 34.2 Å². The summed E-state index contributed by atoms with van der Waals surface area (Å²) >= 11 is 0. The molecular formula is C63H52O24. The van der Waals surface area contributed by atoms with Crippen LogP contribution in [0.4, 0.5) is 0 Å². The smallest absolute Gasteiger partial charge is 0.321 e. The highest BCUT2D eigenvalue weighted by Gasteiger charge is 2.67. The maximum atomic E-state index is 12.1. The number of carbonyl (C=O) groups excluding carboxylic acids is 16. The summed E-state index contributed by atoms with van der Waals surface area (Å²) in [7, 11) is 0. The van der Waals surface area contributed by atoms with E-state index in [9.17, 15) is 76.7 Å². The van der Waals surface area contributed by atoms with Gasteiger partial charge in [0.25, 0.3) is 0 Å². The van der Waals surface area contributed by atoms with E-state index in [0.29, 0.717) is 24.0 Å². The minimum Gasteiger partial charge on any atom is -0.393 e. The maximum absolute atomic E-state index is 12.1. The molecule has 24 heteroatoms. The van der Waals surface area contributed by atoms with Crippen LogP contribution in [0.1, 0.15) is 133 Å². The Morgan fingerprint density at radius 2 is 0.747 bits per heavy atom. The highest BCUT2D eigenvalue weighted by Crippen LogP contribution is 2.63. The molecule has 2 bridgehead atoms. The van der Waals surface area contributed by atoms with Crippen LogP contribution in [-0.4, -0.2) is 95.5 Å². The molecule has 87 heavy (non-hydrogen) atoms. The van der Waals surface area contributed by atoms with Gasteiger partial charge < -0.3 is 37.9 Å². The molecule has 8 saturated heterocycles. The predicted octanol–water partition coefficient (Wildman–Crippen LogP) is 3.67. The lowest BCUT2D eigenvalue weighted by Crippen LogP contribution is -2.49. The van der Waals surface area contributed by atoms with Crippen molar-refractivity contribution in [3.63, 3.8) is 0 Å². The largest absolute Gasteiger partial charge is 0.393 e. The summed E-state index contributed by atoms with van der Waals surface area (Å²) < 4.78 is 37.8. The van der Waals surface area contributed by atoms with Crippen molar-refractivity contribution in [3.8, 4) is 0 Å². The third-order valence-electron chi connectivity index (χ3n) is 20.4. The fourth-order valence-electron chi connectivity index (χ4n) is 16.8. The second-order valence-corrected chi connectivity index (χ2v) is 24.8. The van der Waals surface area contributed by atoms with Gasteiger partial charge in [-0.2, -0.15) is 0 Å². The first-order chi connectivity index (χ1) is 41.5. The summed E-state index contributed by atoms with van der Waals surface area (Å²) in [6, 6.07) is 20.1. The Kier molecular flexibility index (Phi) is 13.8. The molecule has 8 aliphatic heterocycles. The summed E-state index contributed by atoms with van der Waals surface area (Å²) in [4.78, 5) is 189. The van der Waals surface area contributed by atoms with E-state index in [4.69, 9.17) is 28.4 Å². The fourth-order valence-corrected chi connectivity index (χ4v) is 16.8. The average molecular weight is 1190 g/mol. The van der Waals surface area contributed by atoms with Crippen LogP contribution in [0.15, 0.2) is 66.7 Å². The molecule has 13 aliphatic rings. The molecule has 16 rings (SSSR count). The van der Waals surface area contributed by atoms with E-state index in [1.807, 2.05) is 56.3 Å². The number of benzene rings is 3. The number of rotatable bonds is 3. The van der Waals surface area contributed by atoms with Crippen molar-refractivity contribution in [1.82, 2.24) is 0 Å². The topological polar surface area (TPSA) is 347 Å². The van der Waals surface area contributed by atoms with E-state index < -0.39 is 154 Å². The number of carbonyl (C=O) groups is 16. The highest BCUT2D eigenvalue weighted by atomic mass is 16.6. The van der Waals surface area contributed by atoms with Gasteiger partial charge in [0.15, 0.2) is 0 Å². The van der Waals surface area contributed by atoms with Crippen LogP contribution in [0.2, 0.25) is 0 Å². The van der Waals surface area contributed by atoms with Crippen molar-refractivity contribution in [2.45, 2.75) is 107 Å². The van der Waals surface area contributed by atoms with Crippen LogP contribution < -0.4 is 0 Å². The minimum absolute atomic E-state index is 0.00987. The van der Waals surface area contributed by atoms with Gasteiger partial charge in [0.1, 0.15) is 0 Å². The average Bonchev–Trinajstić information content (AvgIpc) is 1.66. The highest BCUT2D eigenvalue weighted by molar-refractivity contribution is 6.04. The second kappa shape index (κ2) is 21.0. The van der Waals surface area contributed by atoms with Gasteiger partial charge >= 0.3 is 95.5 Å². The van der Waals surface area contributed by atoms with Gasteiger partial charge in [-0.3, -0.25) is 76.7 Å². The first-order valence-electron chi connectivity index (χ1n) is 28.8. The van der Waals surface area contributed by atoms with Crippen molar-refractivity contribution in [2.24, 2.45) is 71.0 Å². The van der Waals surface area contributed by atoms with Gasteiger partial charge in [-0.05, 0) is 101 Å². The first kappa shape index (κ1) is 56.9. The predicted molar refractivity (Wildman–Crippen MR) is 277 cm³/mol. The quantitative estimate of drug-likeness (QED) is 0.205. The molecule has 3 aromatic carbocycles. The van der Waals surface area contributed by atoms with E-state index in [-0.39, 0.29) is 85.9 Å². The SMILES string of the molecule is CC1(C2CC(=O)OC2=O)CC2C(=O)OC(=O)C2c2ccccc21.Cc1ccc2c(c1)C1C(=O)OC(=O)C1CC2C1CC(=O)OC1=O.O=C1CC(C2CC3C(=O)OC(=O)C3c3ccccc32)C(=O)O1.O=C1CC2C3CC(C2C(=O)O1)C1C(=O)OC(=O)CC31. The lowest BCUT2D eigenvalue weighted by molar-refractivity contribution is -0.182. The van der Waals surface area contributed by atoms with Crippen molar-refractivity contribution in [1.29, 1.82) is 0 Å². The van der Waals surface area contributed by atoms with Gasteiger partial charge in [0, 0.05) is 18.3 Å². The zero-order valence-electron chi connectivity index (χ0n) is 46.3. The van der Waals surface area contributed by atoms with Gasteiger partial charge in [-0.15, -0.1) is 0 Å². The van der Waals surface area contributed by atoms with Crippen molar-refractivity contribution in [3.05, 3.63) is 106 Å². The molecule has 0 aromatic heterocycles. The molecule has 16 atom stereocenters. The van der Waals surface area contributed by atoms with Gasteiger partial charge in [-0.1, -0.05) is 79.2 Å². The summed E-state index contributed by atoms with van der Waals surface area (Å²) in [5.74, 6) is -15.6. The Hall–Kier alpha value is -9.22. The van der Waals surface area contributed by atoms with Crippen LogP contribution in [0.5, 0.6) is 0 Å². The fraction of sp³-hybridized carbons (Fsp3) is 0.460. The summed E-state index contributed by atoms with van der Waals surface area (Å²) in [5, 5.41) is 0. The molecule has 8 heterocycles. The number of hydrogen-bond donors (Lipinski definition) is 0. The molecule has 0 radical (unpaired) electrons. The van der Waals surface area contributed by atoms with Crippen molar-refractivity contribution in [2.75, 3.05) is 0 Å². The standard InChI is InChI=1S/2C17H14O6.C16H12O6.C13H12O6/c1-7-2-3-8-9(11-6-13(18)22-15(11)19)5-12-14(10(8)4-7)17(21)23-16(12)20;1-17(11-6-12(18)22-15(11)20)7-9-13(16(21)23-14(9)19)8-4-2-3-5-10(8)17;17-12-6-10(14(18)21-12)9-5-11-13(16(20)22-15(11)19)8-4-2-1-3-7(8)9;14-8-2-5-4-1-7(10(5)12(16)18-8)11-6(4)3-9(15)19-13(11)17/h2-4,9,11-12,14H,5-6H2,1H3;2-5,9,11,13H,6-7H2,1H3;1-4,9-11,13H,5-6H2;4-7,10-11H,1-3H2. The molecular weight excluding hydrogens is 1140 g/mol. The molecule has 448 valence electrons. The monoisotopic (exact) mass is 1190 g/mol. The lowest BCUT2D eigenvalue weighted by Gasteiger charge is -2.41. The Morgan fingerprint density at radius 1 is 0.333 bits per heavy atom. The Balaban J connectivity index is 0.000000108. The van der Waals surface area contributed by atoms with Crippen LogP contribution in [0, 0.1) is 77.9 Å². The number of ether oxygens (including phenoxy) is 8. The number of fused-ring (bicyclic) bond motifs is 17. The van der Waals surface area contributed by atoms with Gasteiger partial charge in [-0.25, -0.2) is 0 Å². The van der Waals surface area contributed by atoms with Gasteiger partial charge in [0.2, 0.25) is 0 Å². The molecule has 5 aliphatic carbocycles. The van der Waals surface area contributed by atoms with Gasteiger partial charge in [0.05, 0.1) is 84.4 Å². The number of aryl methyl sites for hydroxylation is 1. The van der Waals surface area contributed by atoms with Crippen LogP contribution in [0.25, 0.3) is 0 Å². The van der Waals surface area contributed by atoms with Crippen LogP contribution >= 0.6 is 0 Å². The van der Waals surface area contributed by atoms with E-state index >= 15 is 0 Å². The van der Waals surface area contributed by atoms with E-state index in [1.165, 1.54) is 0 Å². The molecule has 0 N–H and O–H groups in total. The zero-order valence-corrected chi connectivity index (χ0v) is 46.3. The Labute approximate surface area is 491 Å². The van der Waals surface area contributed by atoms with E-state index in [2.05, 4.69) is 9.47 Å². The number of hydrogen-bond acceptors (Lipinski definition) is 24. The summed E-state index contributed by atoms with van der Waals surface area (Å²) in [6.07, 6.45) is 2.10. The third-order valence-corrected chi connectivity index (χ3v) is 20.4. The maximum Gasteiger partial charge on any atom is 0.321 e. The molecule has 16 unspecified atom stereocenters. The second-order valence-electron chi connectivity index (χ2n) is 24.8. The van der Waals surface area contributed by atoms with Crippen LogP contribution in [-0.2, 0) is 120 Å². The zero-order chi connectivity index (χ0) is 61.4. The first-order valence-corrected chi connectivity index (χ1v) is 28.8. The molecule has 10 fully saturated rings. The molecule has 2 saturated carbocycles. The Bertz CT molecular complexity index is 3680. The third kappa shape index (κ3) is 9.31. The lowest BCUT2D eigenvalue weighted by atomic mass is 9.58. The molecule has 0 spiro atoms. The number of esters is 16. The normalized spacial score (nSPS) is 36.8. The summed E-state index contributed by atoms with van der Waals surface area (Å²) in [6.45, 7) is 3.75. The van der Waals surface area contributed by atoms with Crippen molar-refractivity contribution < 1.29 is 115 Å². The molecule has 3 aromatic rings. The number of cyclic esters (lactones) is 16. The van der Waals surface area contributed by atoms with Crippen LogP contribution in [0.3, 0.4) is 0 Å².